The minimum atomic E-state index is -0.801. The average molecular weight is 241 g/mol. The third kappa shape index (κ3) is 2.62. The Morgan fingerprint density at radius 3 is 2.50 bits per heavy atom. The number of thiophene rings is 1. The highest BCUT2D eigenvalue weighted by atomic mass is 32.1. The van der Waals surface area contributed by atoms with E-state index < -0.39 is 11.5 Å². The lowest BCUT2D eigenvalue weighted by Gasteiger charge is -2.36. The summed E-state index contributed by atoms with van der Waals surface area (Å²) < 4.78 is 0. The first-order valence-electron chi connectivity index (χ1n) is 5.54. The van der Waals surface area contributed by atoms with Crippen LogP contribution in [0.25, 0.3) is 0 Å². The fourth-order valence-corrected chi connectivity index (χ4v) is 2.70. The van der Waals surface area contributed by atoms with Crippen LogP contribution in [0.15, 0.2) is 16.8 Å². The molecule has 0 bridgehead atoms. The summed E-state index contributed by atoms with van der Waals surface area (Å²) in [4.78, 5) is 13.5. The lowest BCUT2D eigenvalue weighted by Crippen LogP contribution is -2.53. The van der Waals surface area contributed by atoms with E-state index in [-0.39, 0.29) is 0 Å². The highest BCUT2D eigenvalue weighted by Crippen LogP contribution is 2.22. The Kier molecular flexibility index (Phi) is 4.50. The predicted molar refractivity (Wildman–Crippen MR) is 67.0 cm³/mol. The monoisotopic (exact) mass is 241 g/mol. The van der Waals surface area contributed by atoms with Gasteiger partial charge in [0.2, 0.25) is 0 Å². The maximum absolute atomic E-state index is 11.5. The van der Waals surface area contributed by atoms with Crippen molar-refractivity contribution in [2.75, 3.05) is 13.1 Å². The van der Waals surface area contributed by atoms with Crippen LogP contribution in [0.1, 0.15) is 26.3 Å². The van der Waals surface area contributed by atoms with Gasteiger partial charge in [0.1, 0.15) is 5.54 Å². The van der Waals surface area contributed by atoms with Crippen LogP contribution in [0.3, 0.4) is 0 Å². The predicted octanol–water partition coefficient (Wildman–Crippen LogP) is 2.48. The Labute approximate surface area is 101 Å². The molecule has 0 aromatic carbocycles. The fourth-order valence-electron chi connectivity index (χ4n) is 2.03. The van der Waals surface area contributed by atoms with E-state index in [0.29, 0.717) is 6.42 Å². The molecule has 1 aromatic rings. The van der Waals surface area contributed by atoms with Crippen molar-refractivity contribution in [3.8, 4) is 0 Å². The number of rotatable bonds is 6. The zero-order valence-electron chi connectivity index (χ0n) is 10.1. The summed E-state index contributed by atoms with van der Waals surface area (Å²) in [7, 11) is 0. The molecule has 0 amide bonds. The largest absolute Gasteiger partial charge is 0.480 e. The van der Waals surface area contributed by atoms with Crippen molar-refractivity contribution in [3.63, 3.8) is 0 Å². The van der Waals surface area contributed by atoms with Crippen molar-refractivity contribution in [2.24, 2.45) is 0 Å². The number of nitrogens with zero attached hydrogens (tertiary/aromatic N) is 1. The highest BCUT2D eigenvalue weighted by molar-refractivity contribution is 7.07. The molecule has 0 saturated heterocycles. The van der Waals surface area contributed by atoms with Gasteiger partial charge in [0.15, 0.2) is 0 Å². The maximum Gasteiger partial charge on any atom is 0.324 e. The minimum absolute atomic E-state index is 0.563. The van der Waals surface area contributed by atoms with E-state index in [1.165, 1.54) is 0 Å². The zero-order valence-corrected chi connectivity index (χ0v) is 10.9. The third-order valence-electron chi connectivity index (χ3n) is 3.05. The minimum Gasteiger partial charge on any atom is -0.480 e. The van der Waals surface area contributed by atoms with Crippen molar-refractivity contribution in [1.82, 2.24) is 4.90 Å². The van der Waals surface area contributed by atoms with Crippen molar-refractivity contribution >= 4 is 17.3 Å². The summed E-state index contributed by atoms with van der Waals surface area (Å²) in [6.45, 7) is 7.31. The molecule has 0 aliphatic rings. The molecule has 1 atom stereocenters. The quantitative estimate of drug-likeness (QED) is 0.831. The van der Waals surface area contributed by atoms with Crippen LogP contribution < -0.4 is 0 Å². The van der Waals surface area contributed by atoms with Gasteiger partial charge < -0.3 is 5.11 Å². The van der Waals surface area contributed by atoms with Crippen molar-refractivity contribution in [1.29, 1.82) is 0 Å². The van der Waals surface area contributed by atoms with Gasteiger partial charge in [-0.1, -0.05) is 13.8 Å². The molecule has 1 N–H and O–H groups in total. The van der Waals surface area contributed by atoms with E-state index >= 15 is 0 Å². The smallest absolute Gasteiger partial charge is 0.324 e. The first-order chi connectivity index (χ1) is 7.54. The standard InChI is InChI=1S/C12H19NO2S/c1-4-13(5-2)12(3,11(14)15)8-10-6-7-16-9-10/h6-7,9H,4-5,8H2,1-3H3,(H,14,15). The van der Waals surface area contributed by atoms with Crippen LogP contribution in [0.2, 0.25) is 0 Å². The molecule has 16 heavy (non-hydrogen) atoms. The van der Waals surface area contributed by atoms with Gasteiger partial charge in [-0.3, -0.25) is 9.69 Å². The number of hydrogen-bond donors (Lipinski definition) is 1. The van der Waals surface area contributed by atoms with E-state index in [9.17, 15) is 9.90 Å². The summed E-state index contributed by atoms with van der Waals surface area (Å²) >= 11 is 1.61. The van der Waals surface area contributed by atoms with E-state index in [2.05, 4.69) is 0 Å². The van der Waals surface area contributed by atoms with Crippen LogP contribution >= 0.6 is 11.3 Å². The van der Waals surface area contributed by atoms with Crippen LogP contribution in [0.5, 0.6) is 0 Å². The second-order valence-electron chi connectivity index (χ2n) is 4.06. The molecule has 1 unspecified atom stereocenters. The number of aliphatic carboxylic acids is 1. The molecule has 0 radical (unpaired) electrons. The van der Waals surface area contributed by atoms with Crippen LogP contribution in [-0.4, -0.2) is 34.6 Å². The molecule has 0 fully saturated rings. The molecule has 3 nitrogen and oxygen atoms in total. The molecule has 1 aromatic heterocycles. The SMILES string of the molecule is CCN(CC)C(C)(Cc1ccsc1)C(=O)O. The van der Waals surface area contributed by atoms with E-state index in [0.717, 1.165) is 18.7 Å². The Morgan fingerprint density at radius 1 is 1.50 bits per heavy atom. The number of hydrogen-bond acceptors (Lipinski definition) is 3. The van der Waals surface area contributed by atoms with Gasteiger partial charge in [-0.25, -0.2) is 0 Å². The maximum atomic E-state index is 11.5. The van der Waals surface area contributed by atoms with E-state index in [1.807, 2.05) is 35.6 Å². The van der Waals surface area contributed by atoms with Crippen LogP contribution in [-0.2, 0) is 11.2 Å². The fraction of sp³-hybridized carbons (Fsp3) is 0.583. The van der Waals surface area contributed by atoms with Gasteiger partial charge >= 0.3 is 5.97 Å². The molecule has 90 valence electrons. The lowest BCUT2D eigenvalue weighted by atomic mass is 9.92. The number of carboxylic acids is 1. The lowest BCUT2D eigenvalue weighted by molar-refractivity contribution is -0.150. The van der Waals surface area contributed by atoms with Gasteiger partial charge in [0.25, 0.3) is 0 Å². The Morgan fingerprint density at radius 2 is 2.12 bits per heavy atom. The zero-order chi connectivity index (χ0) is 12.2. The molecule has 1 rings (SSSR count). The Bertz CT molecular complexity index is 333. The molecule has 0 saturated carbocycles. The molecule has 0 spiro atoms. The van der Waals surface area contributed by atoms with Crippen LogP contribution in [0, 0.1) is 0 Å². The molecular weight excluding hydrogens is 222 g/mol. The number of carbonyl (C=O) groups is 1. The van der Waals surface area contributed by atoms with Crippen molar-refractivity contribution in [2.45, 2.75) is 32.7 Å². The summed E-state index contributed by atoms with van der Waals surface area (Å²) in [6, 6.07) is 2.00. The average Bonchev–Trinajstić information content (AvgIpc) is 2.71. The summed E-state index contributed by atoms with van der Waals surface area (Å²) in [5, 5.41) is 13.4. The second-order valence-corrected chi connectivity index (χ2v) is 4.84. The van der Waals surface area contributed by atoms with Crippen molar-refractivity contribution in [3.05, 3.63) is 22.4 Å². The van der Waals surface area contributed by atoms with Gasteiger partial charge in [0.05, 0.1) is 0 Å². The Hall–Kier alpha value is -0.870. The topological polar surface area (TPSA) is 40.5 Å². The normalized spacial score (nSPS) is 15.0. The van der Waals surface area contributed by atoms with E-state index in [1.54, 1.807) is 18.3 Å². The summed E-state index contributed by atoms with van der Waals surface area (Å²) in [5.74, 6) is -0.748. The molecule has 0 aliphatic carbocycles. The van der Waals surface area contributed by atoms with Crippen molar-refractivity contribution < 1.29 is 9.90 Å². The van der Waals surface area contributed by atoms with Gasteiger partial charge in [-0.2, -0.15) is 11.3 Å². The van der Waals surface area contributed by atoms with Crippen LogP contribution in [0.4, 0.5) is 0 Å². The van der Waals surface area contributed by atoms with Gasteiger partial charge in [-0.05, 0) is 42.4 Å². The summed E-state index contributed by atoms with van der Waals surface area (Å²) in [5.41, 5.74) is 0.298. The molecule has 1 heterocycles. The van der Waals surface area contributed by atoms with Gasteiger partial charge in [0, 0.05) is 6.42 Å². The van der Waals surface area contributed by atoms with Gasteiger partial charge in [-0.15, -0.1) is 0 Å². The molecule has 0 aliphatic heterocycles. The second kappa shape index (κ2) is 5.46. The first kappa shape index (κ1) is 13.2. The third-order valence-corrected chi connectivity index (χ3v) is 3.78. The Balaban J connectivity index is 2.92. The molecular formula is C12H19NO2S. The summed E-state index contributed by atoms with van der Waals surface area (Å²) in [6.07, 6.45) is 0.563. The molecule has 4 heteroatoms. The highest BCUT2D eigenvalue weighted by Gasteiger charge is 2.38. The number of likely N-dealkylation sites (N-methyl/N-ethyl adjacent to an activating group) is 1. The first-order valence-corrected chi connectivity index (χ1v) is 6.48. The van der Waals surface area contributed by atoms with E-state index in [4.69, 9.17) is 0 Å². The number of carboxylic acid groups (broad SMARTS) is 1.